The molecule has 17 nitrogen and oxygen atoms in total. The number of methoxy groups -OCH3 is 3. The molecule has 4 rings (SSSR count). The summed E-state index contributed by atoms with van der Waals surface area (Å²) >= 11 is 0. The van der Waals surface area contributed by atoms with E-state index in [1.165, 1.54) is 33.2 Å². The van der Waals surface area contributed by atoms with E-state index in [0.29, 0.717) is 39.3 Å². The number of rotatable bonds is 13. The third-order valence-electron chi connectivity index (χ3n) is 9.70. The van der Waals surface area contributed by atoms with Crippen LogP contribution in [0.15, 0.2) is 60.7 Å². The number of carbonyl (C=O) groups excluding carboxylic acids is 6. The monoisotopic (exact) mass is 783 g/mol. The summed E-state index contributed by atoms with van der Waals surface area (Å²) in [6, 6.07) is 16.0. The Morgan fingerprint density at radius 2 is 1.00 bits per heavy atom. The Labute approximate surface area is 327 Å². The van der Waals surface area contributed by atoms with Crippen LogP contribution in [-0.4, -0.2) is 178 Å². The maximum Gasteiger partial charge on any atom is 0.411 e. The van der Waals surface area contributed by atoms with Gasteiger partial charge in [-0.2, -0.15) is 0 Å². The van der Waals surface area contributed by atoms with E-state index in [4.69, 9.17) is 28.4 Å². The third kappa shape index (κ3) is 13.6. The second-order valence-electron chi connectivity index (χ2n) is 13.5. The van der Waals surface area contributed by atoms with Gasteiger partial charge in [0.2, 0.25) is 0 Å². The highest BCUT2D eigenvalue weighted by Gasteiger charge is 2.53. The normalized spacial score (nSPS) is 20.5. The molecule has 2 fully saturated rings. The summed E-state index contributed by atoms with van der Waals surface area (Å²) in [5, 5.41) is 0. The number of esters is 5. The van der Waals surface area contributed by atoms with Gasteiger partial charge in [0, 0.05) is 65.8 Å². The zero-order chi connectivity index (χ0) is 40.5. The number of hydrogen-bond acceptors (Lipinski definition) is 16. The molecule has 2 heterocycles. The van der Waals surface area contributed by atoms with Crippen LogP contribution < -0.4 is 0 Å². The standard InChI is InChI=1S/C39H53N5O12/c1-29(45)56-37-32(23-44(39(50)55-28-31-13-9-6-10-14-31)36(37)38(49)54-27-30-11-7-5-8-12-30)43-21-19-41(25-34(47)52-3)17-15-40(24-33(46)51-2)16-18-42(20-22-43)26-35(48)53-4/h5-14,32,36-37H,15-28H2,1-4H3/t32-,36+,37+/m1/s1. The molecule has 0 N–H and O–H groups in total. The summed E-state index contributed by atoms with van der Waals surface area (Å²) in [7, 11) is 3.91. The van der Waals surface area contributed by atoms with Crippen molar-refractivity contribution in [3.63, 3.8) is 0 Å². The van der Waals surface area contributed by atoms with E-state index in [1.807, 2.05) is 56.0 Å². The summed E-state index contributed by atoms with van der Waals surface area (Å²) in [5.74, 6) is -2.79. The lowest BCUT2D eigenvalue weighted by Crippen LogP contribution is -2.54. The Bertz CT molecular complexity index is 1570. The first-order chi connectivity index (χ1) is 27.0. The average Bonchev–Trinajstić information content (AvgIpc) is 3.57. The van der Waals surface area contributed by atoms with Gasteiger partial charge in [-0.15, -0.1) is 0 Å². The van der Waals surface area contributed by atoms with Crippen LogP contribution in [0, 0.1) is 0 Å². The minimum Gasteiger partial charge on any atom is -0.468 e. The number of hydrogen-bond donors (Lipinski definition) is 0. The fourth-order valence-corrected chi connectivity index (χ4v) is 6.63. The topological polar surface area (TPSA) is 174 Å². The summed E-state index contributed by atoms with van der Waals surface area (Å²) in [6.45, 7) is 3.59. The van der Waals surface area contributed by atoms with Crippen molar-refractivity contribution >= 4 is 35.9 Å². The molecular weight excluding hydrogens is 730 g/mol. The third-order valence-corrected chi connectivity index (χ3v) is 9.70. The minimum atomic E-state index is -1.36. The van der Waals surface area contributed by atoms with Gasteiger partial charge in [0.15, 0.2) is 12.1 Å². The largest absolute Gasteiger partial charge is 0.468 e. The summed E-state index contributed by atoms with van der Waals surface area (Å²) in [4.78, 5) is 86.9. The number of amides is 1. The highest BCUT2D eigenvalue weighted by molar-refractivity contribution is 5.84. The fourth-order valence-electron chi connectivity index (χ4n) is 6.63. The van der Waals surface area contributed by atoms with Crippen LogP contribution in [0.3, 0.4) is 0 Å². The first kappa shape index (κ1) is 43.6. The van der Waals surface area contributed by atoms with Gasteiger partial charge in [-0.05, 0) is 11.1 Å². The van der Waals surface area contributed by atoms with Gasteiger partial charge in [-0.1, -0.05) is 60.7 Å². The molecule has 0 saturated carbocycles. The van der Waals surface area contributed by atoms with Gasteiger partial charge in [0.1, 0.15) is 13.2 Å². The Kier molecular flexibility index (Phi) is 17.5. The number of benzene rings is 2. The molecule has 0 spiro atoms. The maximum absolute atomic E-state index is 14.0. The molecule has 0 unspecified atom stereocenters. The van der Waals surface area contributed by atoms with E-state index >= 15 is 0 Å². The highest BCUT2D eigenvalue weighted by Crippen LogP contribution is 2.29. The second kappa shape index (κ2) is 22.5. The number of nitrogens with zero attached hydrogens (tertiary/aromatic N) is 5. The summed E-state index contributed by atoms with van der Waals surface area (Å²) < 4.78 is 32.2. The predicted molar refractivity (Wildman–Crippen MR) is 200 cm³/mol. The van der Waals surface area contributed by atoms with Gasteiger partial charge < -0.3 is 28.4 Å². The van der Waals surface area contributed by atoms with Crippen molar-refractivity contribution in [2.24, 2.45) is 0 Å². The molecule has 2 aliphatic heterocycles. The Morgan fingerprint density at radius 3 is 1.41 bits per heavy atom. The molecule has 2 aromatic carbocycles. The van der Waals surface area contributed by atoms with Gasteiger partial charge in [0.05, 0.1) is 47.0 Å². The lowest BCUT2D eigenvalue weighted by atomic mass is 10.1. The molecular formula is C39H53N5O12. The Balaban J connectivity index is 1.68. The zero-order valence-electron chi connectivity index (χ0n) is 32.5. The molecule has 56 heavy (non-hydrogen) atoms. The maximum atomic E-state index is 14.0. The highest BCUT2D eigenvalue weighted by atomic mass is 16.6. The molecule has 2 aromatic rings. The van der Waals surface area contributed by atoms with Crippen LogP contribution in [0.4, 0.5) is 4.79 Å². The Morgan fingerprint density at radius 1 is 0.589 bits per heavy atom. The fraction of sp³-hybridized carbons (Fsp3) is 0.538. The van der Waals surface area contributed by atoms with Crippen LogP contribution in [-0.2, 0) is 65.6 Å². The minimum absolute atomic E-state index is 0.00482. The van der Waals surface area contributed by atoms with Gasteiger partial charge >= 0.3 is 35.9 Å². The van der Waals surface area contributed by atoms with Crippen molar-refractivity contribution in [3.05, 3.63) is 71.8 Å². The lowest BCUT2D eigenvalue weighted by molar-refractivity contribution is -0.161. The SMILES string of the molecule is COC(=O)CN1CCN(CC(=O)OC)CCN([C@@H]2CN(C(=O)OCc3ccccc3)[C@H](C(=O)OCc3ccccc3)[C@H]2OC(C)=O)CCN(CC(=O)OC)CC1. The van der Waals surface area contributed by atoms with E-state index in [9.17, 15) is 28.8 Å². The summed E-state index contributed by atoms with van der Waals surface area (Å²) in [5.41, 5.74) is 1.46. The first-order valence-corrected chi connectivity index (χ1v) is 18.5. The Hall–Kier alpha value is -5.10. The van der Waals surface area contributed by atoms with Crippen molar-refractivity contribution in [1.29, 1.82) is 0 Å². The number of likely N-dealkylation sites (tertiary alicyclic amines) is 1. The van der Waals surface area contributed by atoms with Crippen LogP contribution in [0.5, 0.6) is 0 Å². The molecule has 1 amide bonds. The van der Waals surface area contributed by atoms with Crippen LogP contribution in [0.1, 0.15) is 18.1 Å². The van der Waals surface area contributed by atoms with Gasteiger partial charge in [-0.25, -0.2) is 9.59 Å². The molecule has 0 radical (unpaired) electrons. The van der Waals surface area contributed by atoms with Crippen LogP contribution in [0.2, 0.25) is 0 Å². The molecule has 17 heteroatoms. The van der Waals surface area contributed by atoms with Crippen LogP contribution in [0.25, 0.3) is 0 Å². The molecule has 3 atom stereocenters. The predicted octanol–water partition coefficient (Wildman–Crippen LogP) is 0.792. The average molecular weight is 784 g/mol. The van der Waals surface area contributed by atoms with E-state index in [-0.39, 0.29) is 52.5 Å². The first-order valence-electron chi connectivity index (χ1n) is 18.5. The summed E-state index contributed by atoms with van der Waals surface area (Å²) in [6.07, 6.45) is -1.97. The molecule has 306 valence electrons. The second-order valence-corrected chi connectivity index (χ2v) is 13.5. The lowest BCUT2D eigenvalue weighted by Gasteiger charge is -2.37. The van der Waals surface area contributed by atoms with Crippen molar-refractivity contribution in [1.82, 2.24) is 24.5 Å². The molecule has 0 aliphatic carbocycles. The molecule has 0 aromatic heterocycles. The quantitative estimate of drug-likeness (QED) is 0.206. The number of ether oxygens (including phenoxy) is 6. The van der Waals surface area contributed by atoms with Crippen molar-refractivity contribution in [2.75, 3.05) is 99.9 Å². The molecule has 2 saturated heterocycles. The van der Waals surface area contributed by atoms with Gasteiger partial charge in [0.25, 0.3) is 0 Å². The zero-order valence-corrected chi connectivity index (χ0v) is 32.5. The van der Waals surface area contributed by atoms with Crippen molar-refractivity contribution in [2.45, 2.75) is 38.3 Å². The molecule has 0 bridgehead atoms. The van der Waals surface area contributed by atoms with E-state index in [1.54, 1.807) is 24.3 Å². The molecule has 2 aliphatic rings. The van der Waals surface area contributed by atoms with Crippen molar-refractivity contribution < 1.29 is 57.2 Å². The van der Waals surface area contributed by atoms with Gasteiger partial charge in [-0.3, -0.25) is 43.7 Å². The smallest absolute Gasteiger partial charge is 0.411 e. The van der Waals surface area contributed by atoms with Crippen molar-refractivity contribution in [3.8, 4) is 0 Å². The van der Waals surface area contributed by atoms with E-state index in [2.05, 4.69) is 0 Å². The van der Waals surface area contributed by atoms with Crippen LogP contribution >= 0.6 is 0 Å². The number of carbonyl (C=O) groups is 6. The van der Waals surface area contributed by atoms with E-state index in [0.717, 1.165) is 11.1 Å². The van der Waals surface area contributed by atoms with E-state index < -0.39 is 54.1 Å².